The standard InChI is InChI=1S/C22H22N4O2/c1-27-18-6-7-21-20(9-18)25-22-14-28-13-17(26(21)22)12-23-10-15-8-16-4-2-3-5-19(16)24-11-15/h2-9,11,17,23H,10,12-14H2,1H3/t17-/m0/s1. The predicted octanol–water partition coefficient (Wildman–Crippen LogP) is 3.45. The number of hydrogen-bond acceptors (Lipinski definition) is 5. The van der Waals surface area contributed by atoms with Crippen LogP contribution in [0.4, 0.5) is 0 Å². The fourth-order valence-corrected chi connectivity index (χ4v) is 3.87. The summed E-state index contributed by atoms with van der Waals surface area (Å²) in [6.45, 7) is 2.79. The summed E-state index contributed by atoms with van der Waals surface area (Å²) in [4.78, 5) is 9.27. The van der Waals surface area contributed by atoms with E-state index in [1.807, 2.05) is 36.5 Å². The predicted molar refractivity (Wildman–Crippen MR) is 108 cm³/mol. The first kappa shape index (κ1) is 17.2. The summed E-state index contributed by atoms with van der Waals surface area (Å²) in [5, 5.41) is 4.73. The van der Waals surface area contributed by atoms with Crippen LogP contribution >= 0.6 is 0 Å². The lowest BCUT2D eigenvalue weighted by Crippen LogP contribution is -2.32. The number of aromatic nitrogens is 3. The third kappa shape index (κ3) is 3.10. The van der Waals surface area contributed by atoms with Gasteiger partial charge in [-0.05, 0) is 29.8 Å². The van der Waals surface area contributed by atoms with E-state index >= 15 is 0 Å². The third-order valence-corrected chi connectivity index (χ3v) is 5.23. The van der Waals surface area contributed by atoms with Gasteiger partial charge in [0.1, 0.15) is 18.2 Å². The SMILES string of the molecule is COc1ccc2c(c1)nc1n2[C@@H](CNCc2cnc3ccccc3c2)COC1. The monoisotopic (exact) mass is 374 g/mol. The van der Waals surface area contributed by atoms with Crippen molar-refractivity contribution < 1.29 is 9.47 Å². The largest absolute Gasteiger partial charge is 0.497 e. The summed E-state index contributed by atoms with van der Waals surface area (Å²) in [5.74, 6) is 1.79. The number of hydrogen-bond donors (Lipinski definition) is 1. The summed E-state index contributed by atoms with van der Waals surface area (Å²) in [6, 6.07) is 16.6. The van der Waals surface area contributed by atoms with Crippen molar-refractivity contribution in [3.05, 3.63) is 66.1 Å². The Balaban J connectivity index is 1.33. The molecule has 3 heterocycles. The zero-order chi connectivity index (χ0) is 18.9. The number of pyridine rings is 1. The van der Waals surface area contributed by atoms with E-state index in [4.69, 9.17) is 14.5 Å². The van der Waals surface area contributed by atoms with E-state index < -0.39 is 0 Å². The molecule has 2 aromatic carbocycles. The van der Waals surface area contributed by atoms with Crippen LogP contribution in [0.1, 0.15) is 17.4 Å². The highest BCUT2D eigenvalue weighted by atomic mass is 16.5. The lowest BCUT2D eigenvalue weighted by Gasteiger charge is -2.26. The Morgan fingerprint density at radius 1 is 1.18 bits per heavy atom. The van der Waals surface area contributed by atoms with E-state index in [-0.39, 0.29) is 6.04 Å². The van der Waals surface area contributed by atoms with Gasteiger partial charge >= 0.3 is 0 Å². The number of para-hydroxylation sites is 1. The van der Waals surface area contributed by atoms with E-state index in [2.05, 4.69) is 33.1 Å². The van der Waals surface area contributed by atoms with Gasteiger partial charge in [0.05, 0.1) is 36.3 Å². The van der Waals surface area contributed by atoms with Gasteiger partial charge in [-0.1, -0.05) is 18.2 Å². The molecular formula is C22H22N4O2. The molecule has 1 atom stereocenters. The fraction of sp³-hybridized carbons (Fsp3) is 0.273. The molecule has 0 radical (unpaired) electrons. The lowest BCUT2D eigenvalue weighted by molar-refractivity contribution is 0.0564. The van der Waals surface area contributed by atoms with Gasteiger partial charge in [0, 0.05) is 30.7 Å². The Labute approximate surface area is 163 Å². The molecule has 4 aromatic rings. The minimum absolute atomic E-state index is 0.204. The molecule has 142 valence electrons. The fourth-order valence-electron chi connectivity index (χ4n) is 3.87. The quantitative estimate of drug-likeness (QED) is 0.580. The van der Waals surface area contributed by atoms with Crippen molar-refractivity contribution in [1.82, 2.24) is 19.9 Å². The highest BCUT2D eigenvalue weighted by molar-refractivity contribution is 5.79. The summed E-state index contributed by atoms with van der Waals surface area (Å²) in [5.41, 5.74) is 4.27. The van der Waals surface area contributed by atoms with Gasteiger partial charge in [-0.3, -0.25) is 4.98 Å². The molecule has 0 unspecified atom stereocenters. The van der Waals surface area contributed by atoms with E-state index in [1.54, 1.807) is 7.11 Å². The topological polar surface area (TPSA) is 61.2 Å². The first-order chi connectivity index (χ1) is 13.8. The van der Waals surface area contributed by atoms with E-state index in [0.717, 1.165) is 41.2 Å². The zero-order valence-electron chi connectivity index (χ0n) is 15.8. The Hall–Kier alpha value is -2.96. The normalized spacial score (nSPS) is 16.4. The van der Waals surface area contributed by atoms with Gasteiger partial charge in [-0.15, -0.1) is 0 Å². The second kappa shape index (κ2) is 7.22. The smallest absolute Gasteiger partial charge is 0.136 e. The highest BCUT2D eigenvalue weighted by Crippen LogP contribution is 2.28. The summed E-state index contributed by atoms with van der Waals surface area (Å²) in [7, 11) is 1.68. The van der Waals surface area contributed by atoms with E-state index in [1.165, 1.54) is 10.9 Å². The van der Waals surface area contributed by atoms with Crippen LogP contribution in [-0.2, 0) is 17.9 Å². The maximum atomic E-state index is 5.79. The molecular weight excluding hydrogens is 352 g/mol. The van der Waals surface area contributed by atoms with E-state index in [9.17, 15) is 0 Å². The summed E-state index contributed by atoms with van der Waals surface area (Å²) >= 11 is 0. The van der Waals surface area contributed by atoms with Crippen LogP contribution in [0.3, 0.4) is 0 Å². The van der Waals surface area contributed by atoms with Gasteiger partial charge < -0.3 is 19.4 Å². The molecule has 1 N–H and O–H groups in total. The third-order valence-electron chi connectivity index (χ3n) is 5.23. The summed E-state index contributed by atoms with van der Waals surface area (Å²) < 4.78 is 13.4. The molecule has 0 spiro atoms. The molecule has 1 aliphatic heterocycles. The van der Waals surface area contributed by atoms with E-state index in [0.29, 0.717) is 13.2 Å². The number of ether oxygens (including phenoxy) is 2. The molecule has 28 heavy (non-hydrogen) atoms. The summed E-state index contributed by atoms with van der Waals surface area (Å²) in [6.07, 6.45) is 1.94. The molecule has 6 heteroatoms. The number of methoxy groups -OCH3 is 1. The molecule has 2 aromatic heterocycles. The van der Waals surface area contributed by atoms with Crippen molar-refractivity contribution >= 4 is 21.9 Å². The number of nitrogens with zero attached hydrogens (tertiary/aromatic N) is 3. The second-order valence-corrected chi connectivity index (χ2v) is 7.09. The van der Waals surface area contributed by atoms with Gasteiger partial charge in [0.25, 0.3) is 0 Å². The molecule has 0 aliphatic carbocycles. The highest BCUT2D eigenvalue weighted by Gasteiger charge is 2.24. The number of imidazole rings is 1. The molecule has 5 rings (SSSR count). The van der Waals surface area contributed by atoms with Crippen LogP contribution in [0.25, 0.3) is 21.9 Å². The van der Waals surface area contributed by atoms with Crippen LogP contribution in [0, 0.1) is 0 Å². The minimum atomic E-state index is 0.204. The first-order valence-electron chi connectivity index (χ1n) is 9.49. The Bertz CT molecular complexity index is 1140. The maximum absolute atomic E-state index is 5.79. The first-order valence-corrected chi connectivity index (χ1v) is 9.49. The van der Waals surface area contributed by atoms with Crippen molar-refractivity contribution in [2.45, 2.75) is 19.2 Å². The minimum Gasteiger partial charge on any atom is -0.497 e. The molecule has 0 saturated carbocycles. The zero-order valence-corrected chi connectivity index (χ0v) is 15.8. The number of benzene rings is 2. The van der Waals surface area contributed by atoms with Gasteiger partial charge in [0.15, 0.2) is 0 Å². The van der Waals surface area contributed by atoms with Gasteiger partial charge in [0.2, 0.25) is 0 Å². The van der Waals surface area contributed by atoms with Gasteiger partial charge in [-0.25, -0.2) is 4.98 Å². The van der Waals surface area contributed by atoms with Crippen molar-refractivity contribution in [3.63, 3.8) is 0 Å². The second-order valence-electron chi connectivity index (χ2n) is 7.09. The number of rotatable bonds is 5. The number of nitrogens with one attached hydrogen (secondary N) is 1. The van der Waals surface area contributed by atoms with Crippen molar-refractivity contribution in [1.29, 1.82) is 0 Å². The Kier molecular flexibility index (Phi) is 4.43. The van der Waals surface area contributed by atoms with Gasteiger partial charge in [-0.2, -0.15) is 0 Å². The molecule has 0 fully saturated rings. The van der Waals surface area contributed by atoms with Crippen LogP contribution < -0.4 is 10.1 Å². The van der Waals surface area contributed by atoms with Crippen LogP contribution in [0.2, 0.25) is 0 Å². The maximum Gasteiger partial charge on any atom is 0.136 e. The number of fused-ring (bicyclic) bond motifs is 4. The van der Waals surface area contributed by atoms with Crippen LogP contribution in [0.15, 0.2) is 54.7 Å². The Morgan fingerprint density at radius 2 is 2.11 bits per heavy atom. The van der Waals surface area contributed by atoms with Crippen LogP contribution in [-0.4, -0.2) is 34.8 Å². The Morgan fingerprint density at radius 3 is 3.04 bits per heavy atom. The average molecular weight is 374 g/mol. The lowest BCUT2D eigenvalue weighted by atomic mass is 10.1. The molecule has 0 saturated heterocycles. The molecule has 0 amide bonds. The van der Waals surface area contributed by atoms with Crippen molar-refractivity contribution in [3.8, 4) is 5.75 Å². The van der Waals surface area contributed by atoms with Crippen molar-refractivity contribution in [2.24, 2.45) is 0 Å². The van der Waals surface area contributed by atoms with Crippen LogP contribution in [0.5, 0.6) is 5.75 Å². The molecule has 0 bridgehead atoms. The molecule has 1 aliphatic rings. The van der Waals surface area contributed by atoms with Crippen molar-refractivity contribution in [2.75, 3.05) is 20.3 Å². The molecule has 6 nitrogen and oxygen atoms in total. The average Bonchev–Trinajstić information content (AvgIpc) is 3.12.